The van der Waals surface area contributed by atoms with Crippen LogP contribution in [-0.4, -0.2) is 17.0 Å². The van der Waals surface area contributed by atoms with Crippen molar-refractivity contribution in [2.75, 3.05) is 7.04 Å². The number of aromatic nitrogens is 2. The molecule has 1 heterocycles. The van der Waals surface area contributed by atoms with E-state index in [2.05, 4.69) is 14.7 Å². The third-order valence-corrected chi connectivity index (χ3v) is 1.52. The predicted molar refractivity (Wildman–Crippen MR) is 42.8 cm³/mol. The van der Waals surface area contributed by atoms with Gasteiger partial charge in [-0.1, -0.05) is 11.6 Å². The molecule has 60 valence electrons. The van der Waals surface area contributed by atoms with E-state index in [0.29, 0.717) is 5.56 Å². The quantitative estimate of drug-likeness (QED) is 0.535. The third-order valence-electron chi connectivity index (χ3n) is 1.01. The molecule has 0 aliphatic heterocycles. The van der Waals surface area contributed by atoms with E-state index in [9.17, 15) is 0 Å². The van der Waals surface area contributed by atoms with Gasteiger partial charge in [0.1, 0.15) is 5.15 Å². The van der Waals surface area contributed by atoms with Crippen LogP contribution in [0.1, 0.15) is 9.68 Å². The summed E-state index contributed by atoms with van der Waals surface area (Å²) in [4.78, 5) is 7.28. The topological polar surface area (TPSA) is 35.0 Å². The van der Waals surface area contributed by atoms with Gasteiger partial charge in [0.05, 0.1) is 10.7 Å². The van der Waals surface area contributed by atoms with Crippen LogP contribution in [-0.2, 0) is 11.3 Å². The van der Waals surface area contributed by atoms with E-state index in [1.165, 1.54) is 6.20 Å². The Morgan fingerprint density at radius 3 is 3.18 bits per heavy atom. The lowest BCUT2D eigenvalue weighted by Crippen LogP contribution is -1.93. The second kappa shape index (κ2) is 3.85. The highest BCUT2D eigenvalue weighted by Gasteiger charge is 2.01. The maximum absolute atomic E-state index is 6.80. The molecule has 1 rings (SSSR count). The van der Waals surface area contributed by atoms with Crippen LogP contribution in [0, 0.1) is 0 Å². The van der Waals surface area contributed by atoms with E-state index in [4.69, 9.17) is 27.3 Å². The summed E-state index contributed by atoms with van der Waals surface area (Å²) in [5.74, 6) is 0. The van der Waals surface area contributed by atoms with Gasteiger partial charge in [0.15, 0.2) is 0 Å². The van der Waals surface area contributed by atoms with Crippen molar-refractivity contribution in [3.05, 3.63) is 22.2 Å². The van der Waals surface area contributed by atoms with E-state index < -0.39 is 7.04 Å². The molecule has 0 aliphatic carbocycles. The molecule has 11 heavy (non-hydrogen) atoms. The lowest BCUT2D eigenvalue weighted by atomic mass is 10.4. The molecule has 0 bridgehead atoms. The number of hydrogen-bond donors (Lipinski definition) is 0. The van der Waals surface area contributed by atoms with Crippen molar-refractivity contribution in [3.63, 3.8) is 0 Å². The summed E-state index contributed by atoms with van der Waals surface area (Å²) in [5, 5.41) is 0.0990. The molecule has 1 aromatic heterocycles. The first-order chi connectivity index (χ1) is 6.38. The molecule has 3 nitrogen and oxygen atoms in total. The summed E-state index contributed by atoms with van der Waals surface area (Å²) in [5.41, 5.74) is 0.382. The fraction of sp³-hybridized carbons (Fsp3) is 0.333. The van der Waals surface area contributed by atoms with Crippen LogP contribution in [0.4, 0.5) is 0 Å². The highest BCUT2D eigenvalue weighted by atomic mass is 35.5. The molecule has 0 N–H and O–H groups in total. The maximum Gasteiger partial charge on any atom is 0.223 e. The zero-order valence-electron chi connectivity index (χ0n) is 8.34. The fourth-order valence-corrected chi connectivity index (χ4v) is 0.901. The lowest BCUT2D eigenvalue weighted by molar-refractivity contribution is 0.184. The number of nitrogens with zero attached hydrogens (tertiary/aromatic N) is 2. The van der Waals surface area contributed by atoms with Crippen molar-refractivity contribution in [1.82, 2.24) is 9.97 Å². The summed E-state index contributed by atoms with van der Waals surface area (Å²) >= 11 is 11.1. The Balaban J connectivity index is 2.68. The van der Waals surface area contributed by atoms with Gasteiger partial charge in [0.25, 0.3) is 0 Å². The number of halogens is 2. The van der Waals surface area contributed by atoms with Crippen LogP contribution in [0.5, 0.6) is 0 Å². The largest absolute Gasteiger partial charge is 0.380 e. The van der Waals surface area contributed by atoms with Crippen molar-refractivity contribution >= 4 is 23.2 Å². The summed E-state index contributed by atoms with van der Waals surface area (Å²) in [6, 6.07) is 0. The number of ether oxygens (including phenoxy) is 1. The summed E-state index contributed by atoms with van der Waals surface area (Å²) in [7, 11) is -2.46. The van der Waals surface area contributed by atoms with Crippen molar-refractivity contribution in [2.24, 2.45) is 0 Å². The smallest absolute Gasteiger partial charge is 0.223 e. The number of rotatable bonds is 2. The van der Waals surface area contributed by atoms with Gasteiger partial charge in [-0.25, -0.2) is 9.97 Å². The van der Waals surface area contributed by atoms with Crippen LogP contribution in [0.2, 0.25) is 10.4 Å². The number of hydrogen-bond acceptors (Lipinski definition) is 3. The molecule has 0 saturated heterocycles. The Hall–Kier alpha value is -0.380. The van der Waals surface area contributed by atoms with Gasteiger partial charge in [0.2, 0.25) is 5.28 Å². The zero-order valence-corrected chi connectivity index (χ0v) is 6.85. The van der Waals surface area contributed by atoms with Gasteiger partial charge >= 0.3 is 0 Å². The van der Waals surface area contributed by atoms with Crippen molar-refractivity contribution in [3.8, 4) is 0 Å². The molecule has 1 aromatic rings. The Kier molecular flexibility index (Phi) is 1.86. The van der Waals surface area contributed by atoms with E-state index in [1.54, 1.807) is 0 Å². The molecule has 0 fully saturated rings. The second-order valence-electron chi connectivity index (χ2n) is 1.74. The van der Waals surface area contributed by atoms with Crippen molar-refractivity contribution in [2.45, 2.75) is 6.61 Å². The monoisotopic (exact) mass is 195 g/mol. The molecule has 0 aromatic carbocycles. The van der Waals surface area contributed by atoms with Crippen LogP contribution in [0.15, 0.2) is 6.20 Å². The van der Waals surface area contributed by atoms with Gasteiger partial charge in [-0.15, -0.1) is 0 Å². The molecule has 0 saturated carbocycles. The first kappa shape index (κ1) is 5.30. The standard InChI is InChI=1S/C6H6Cl2N2O/c1-11-3-4-2-9-6(8)10-5(4)7/h2H,3H2,1H3/i1D3. The Bertz CT molecular complexity index is 331. The summed E-state index contributed by atoms with van der Waals surface area (Å²) < 4.78 is 24.9. The van der Waals surface area contributed by atoms with E-state index in [1.807, 2.05) is 0 Å². The Labute approximate surface area is 78.5 Å². The maximum atomic E-state index is 6.80. The Morgan fingerprint density at radius 1 is 1.73 bits per heavy atom. The van der Waals surface area contributed by atoms with Gasteiger partial charge < -0.3 is 4.74 Å². The summed E-state index contributed by atoms with van der Waals surface area (Å²) in [6.45, 7) is -0.174. The minimum absolute atomic E-state index is 0.00707. The molecular formula is C6H6Cl2N2O. The predicted octanol–water partition coefficient (Wildman–Crippen LogP) is 1.93. The third kappa shape index (κ3) is 2.29. The highest BCUT2D eigenvalue weighted by molar-refractivity contribution is 6.32. The van der Waals surface area contributed by atoms with E-state index in [-0.39, 0.29) is 17.0 Å². The van der Waals surface area contributed by atoms with Crippen LogP contribution >= 0.6 is 23.2 Å². The molecule has 0 amide bonds. The van der Waals surface area contributed by atoms with Crippen molar-refractivity contribution < 1.29 is 8.85 Å². The van der Waals surface area contributed by atoms with Crippen molar-refractivity contribution in [1.29, 1.82) is 0 Å². The molecule has 0 atom stereocenters. The molecule has 0 spiro atoms. The van der Waals surface area contributed by atoms with Crippen LogP contribution < -0.4 is 0 Å². The minimum Gasteiger partial charge on any atom is -0.380 e. The van der Waals surface area contributed by atoms with Crippen LogP contribution in [0.25, 0.3) is 0 Å². The zero-order chi connectivity index (χ0) is 10.8. The van der Waals surface area contributed by atoms with Gasteiger partial charge in [0, 0.05) is 18.8 Å². The molecular weight excluding hydrogens is 187 g/mol. The average Bonchev–Trinajstić information content (AvgIpc) is 2.00. The Morgan fingerprint density at radius 2 is 2.55 bits per heavy atom. The molecule has 0 radical (unpaired) electrons. The minimum atomic E-state index is -2.46. The normalized spacial score (nSPS) is 15.3. The average molecular weight is 196 g/mol. The lowest BCUT2D eigenvalue weighted by Gasteiger charge is -1.99. The summed E-state index contributed by atoms with van der Waals surface area (Å²) in [6.07, 6.45) is 1.32. The molecule has 0 unspecified atom stereocenters. The molecule has 5 heteroatoms. The highest BCUT2D eigenvalue weighted by Crippen LogP contribution is 2.14. The first-order valence-electron chi connectivity index (χ1n) is 4.19. The SMILES string of the molecule is [2H]C([2H])([2H])OCc1cnc(Cl)nc1Cl. The first-order valence-corrected chi connectivity index (χ1v) is 3.45. The fourth-order valence-electron chi connectivity index (χ4n) is 0.541. The van der Waals surface area contributed by atoms with E-state index in [0.717, 1.165) is 0 Å². The van der Waals surface area contributed by atoms with Gasteiger partial charge in [-0.2, -0.15) is 0 Å². The van der Waals surface area contributed by atoms with Crippen LogP contribution in [0.3, 0.4) is 0 Å². The second-order valence-corrected chi connectivity index (χ2v) is 2.44. The van der Waals surface area contributed by atoms with E-state index >= 15 is 0 Å². The van der Waals surface area contributed by atoms with Gasteiger partial charge in [-0.3, -0.25) is 0 Å². The number of methoxy groups -OCH3 is 1. The molecule has 0 aliphatic rings. The van der Waals surface area contributed by atoms with Gasteiger partial charge in [-0.05, 0) is 11.6 Å².